The maximum Gasteiger partial charge on any atom is 0.238 e. The van der Waals surface area contributed by atoms with Gasteiger partial charge in [0, 0.05) is 5.02 Å². The molecule has 1 aliphatic heterocycles. The fourth-order valence-electron chi connectivity index (χ4n) is 3.28. The van der Waals surface area contributed by atoms with Gasteiger partial charge in [-0.05, 0) is 67.7 Å². The zero-order valence-corrected chi connectivity index (χ0v) is 15.0. The molecule has 1 amide bonds. The number of nitrogens with one attached hydrogen (secondary N) is 1. The second-order valence-electron chi connectivity index (χ2n) is 6.49. The summed E-state index contributed by atoms with van der Waals surface area (Å²) in [6, 6.07) is 14.2. The molecule has 0 saturated carbocycles. The second kappa shape index (κ2) is 8.22. The van der Waals surface area contributed by atoms with Gasteiger partial charge in [0.25, 0.3) is 0 Å². The number of halogens is 1. The lowest BCUT2D eigenvalue weighted by molar-refractivity contribution is -0.117. The summed E-state index contributed by atoms with van der Waals surface area (Å²) < 4.78 is 0. The predicted octanol–water partition coefficient (Wildman–Crippen LogP) is 3.74. The molecule has 0 radical (unpaired) electrons. The Balaban J connectivity index is 1.53. The van der Waals surface area contributed by atoms with E-state index in [2.05, 4.69) is 16.3 Å². The number of rotatable bonds is 4. The van der Waals surface area contributed by atoms with Crippen molar-refractivity contribution < 1.29 is 9.90 Å². The van der Waals surface area contributed by atoms with Crippen molar-refractivity contribution in [3.8, 4) is 11.8 Å². The molecule has 26 heavy (non-hydrogen) atoms. The van der Waals surface area contributed by atoms with Crippen LogP contribution in [-0.2, 0) is 4.79 Å². The number of hydrogen-bond donors (Lipinski definition) is 2. The lowest BCUT2D eigenvalue weighted by Crippen LogP contribution is -2.38. The van der Waals surface area contributed by atoms with Gasteiger partial charge in [0.2, 0.25) is 5.91 Å². The largest absolute Gasteiger partial charge is 0.508 e. The molecule has 0 bridgehead atoms. The maximum atomic E-state index is 12.3. The van der Waals surface area contributed by atoms with Crippen LogP contribution < -0.4 is 5.32 Å². The molecule has 1 saturated heterocycles. The van der Waals surface area contributed by atoms with Crippen LogP contribution in [0.1, 0.15) is 29.9 Å². The van der Waals surface area contributed by atoms with E-state index in [0.717, 1.165) is 25.9 Å². The number of likely N-dealkylation sites (tertiary alicyclic amines) is 1. The van der Waals surface area contributed by atoms with Gasteiger partial charge in [0.15, 0.2) is 0 Å². The highest BCUT2D eigenvalue weighted by Gasteiger charge is 2.22. The van der Waals surface area contributed by atoms with Gasteiger partial charge in [-0.1, -0.05) is 23.7 Å². The second-order valence-corrected chi connectivity index (χ2v) is 6.93. The van der Waals surface area contributed by atoms with Crippen molar-refractivity contribution in [2.45, 2.75) is 18.8 Å². The molecular weight excluding hydrogens is 350 g/mol. The Morgan fingerprint density at radius 2 is 1.92 bits per heavy atom. The molecule has 1 heterocycles. The molecule has 0 spiro atoms. The zero-order valence-electron chi connectivity index (χ0n) is 14.3. The standard InChI is InChI=1S/C20H20ClN3O2/c21-17-4-1-16(12-22)19(11-17)23-20(26)13-24-9-7-15(8-10-24)14-2-5-18(25)6-3-14/h1-6,11,15,25H,7-10,13H2,(H,23,26). The summed E-state index contributed by atoms with van der Waals surface area (Å²) in [7, 11) is 0. The van der Waals surface area contributed by atoms with E-state index < -0.39 is 0 Å². The van der Waals surface area contributed by atoms with Crippen LogP contribution in [0.4, 0.5) is 5.69 Å². The van der Waals surface area contributed by atoms with Crippen molar-refractivity contribution in [1.29, 1.82) is 5.26 Å². The third-order valence-corrected chi connectivity index (χ3v) is 4.93. The zero-order chi connectivity index (χ0) is 18.5. The quantitative estimate of drug-likeness (QED) is 0.860. The minimum atomic E-state index is -0.146. The van der Waals surface area contributed by atoms with Crippen molar-refractivity contribution in [3.63, 3.8) is 0 Å². The molecule has 1 aliphatic rings. The third kappa shape index (κ3) is 4.54. The Bertz CT molecular complexity index is 822. The highest BCUT2D eigenvalue weighted by atomic mass is 35.5. The number of phenolic OH excluding ortho intramolecular Hbond substituents is 1. The van der Waals surface area contributed by atoms with Crippen LogP contribution in [0, 0.1) is 11.3 Å². The summed E-state index contributed by atoms with van der Waals surface area (Å²) in [5, 5.41) is 21.8. The average Bonchev–Trinajstić information content (AvgIpc) is 2.63. The van der Waals surface area contributed by atoms with E-state index in [1.54, 1.807) is 30.3 Å². The molecule has 2 N–H and O–H groups in total. The highest BCUT2D eigenvalue weighted by Crippen LogP contribution is 2.29. The first-order chi connectivity index (χ1) is 12.5. The molecule has 5 nitrogen and oxygen atoms in total. The number of hydrogen-bond acceptors (Lipinski definition) is 4. The maximum absolute atomic E-state index is 12.3. The number of phenols is 1. The molecule has 0 aliphatic carbocycles. The lowest BCUT2D eigenvalue weighted by Gasteiger charge is -2.31. The number of anilines is 1. The normalized spacial score (nSPS) is 15.4. The van der Waals surface area contributed by atoms with E-state index in [0.29, 0.717) is 28.7 Å². The minimum absolute atomic E-state index is 0.146. The van der Waals surface area contributed by atoms with Crippen LogP contribution in [-0.4, -0.2) is 35.5 Å². The Hall–Kier alpha value is -2.55. The number of nitriles is 1. The van der Waals surface area contributed by atoms with Crippen molar-refractivity contribution in [1.82, 2.24) is 4.90 Å². The molecule has 6 heteroatoms. The fourth-order valence-corrected chi connectivity index (χ4v) is 3.45. The highest BCUT2D eigenvalue weighted by molar-refractivity contribution is 6.31. The first kappa shape index (κ1) is 18.2. The van der Waals surface area contributed by atoms with E-state index in [4.69, 9.17) is 16.9 Å². The summed E-state index contributed by atoms with van der Waals surface area (Å²) in [6.07, 6.45) is 1.94. The minimum Gasteiger partial charge on any atom is -0.508 e. The Kier molecular flexibility index (Phi) is 5.77. The number of carbonyl (C=O) groups is 1. The molecule has 0 unspecified atom stereocenters. The number of aromatic hydroxyl groups is 1. The van der Waals surface area contributed by atoms with Crippen LogP contribution in [0.5, 0.6) is 5.75 Å². The van der Waals surface area contributed by atoms with Crippen molar-refractivity contribution in [2.24, 2.45) is 0 Å². The van der Waals surface area contributed by atoms with E-state index >= 15 is 0 Å². The Morgan fingerprint density at radius 3 is 2.58 bits per heavy atom. The molecule has 1 fully saturated rings. The lowest BCUT2D eigenvalue weighted by atomic mass is 9.89. The summed E-state index contributed by atoms with van der Waals surface area (Å²) >= 11 is 5.95. The van der Waals surface area contributed by atoms with Gasteiger partial charge >= 0.3 is 0 Å². The van der Waals surface area contributed by atoms with Crippen molar-refractivity contribution in [3.05, 3.63) is 58.6 Å². The van der Waals surface area contributed by atoms with E-state index in [1.807, 2.05) is 12.1 Å². The van der Waals surface area contributed by atoms with Gasteiger partial charge in [0.1, 0.15) is 11.8 Å². The number of piperidine rings is 1. The van der Waals surface area contributed by atoms with Crippen LogP contribution in [0.3, 0.4) is 0 Å². The first-order valence-electron chi connectivity index (χ1n) is 8.56. The van der Waals surface area contributed by atoms with Gasteiger partial charge in [-0.15, -0.1) is 0 Å². The van der Waals surface area contributed by atoms with Gasteiger partial charge < -0.3 is 10.4 Å². The summed E-state index contributed by atoms with van der Waals surface area (Å²) in [5.41, 5.74) is 2.07. The molecule has 3 rings (SSSR count). The Morgan fingerprint density at radius 1 is 1.23 bits per heavy atom. The van der Waals surface area contributed by atoms with Gasteiger partial charge in [-0.25, -0.2) is 0 Å². The average molecular weight is 370 g/mol. The third-order valence-electron chi connectivity index (χ3n) is 4.70. The molecule has 0 atom stereocenters. The SMILES string of the molecule is N#Cc1ccc(Cl)cc1NC(=O)CN1CCC(c2ccc(O)cc2)CC1. The number of carbonyl (C=O) groups excluding carboxylic acids is 1. The number of nitrogens with zero attached hydrogens (tertiary/aromatic N) is 2. The van der Waals surface area contributed by atoms with Crippen LogP contribution in [0.15, 0.2) is 42.5 Å². The molecular formula is C20H20ClN3O2. The van der Waals surface area contributed by atoms with Crippen molar-refractivity contribution in [2.75, 3.05) is 25.0 Å². The van der Waals surface area contributed by atoms with Gasteiger partial charge in [-0.2, -0.15) is 5.26 Å². The first-order valence-corrected chi connectivity index (χ1v) is 8.94. The summed E-state index contributed by atoms with van der Waals surface area (Å²) in [5.74, 6) is 0.584. The van der Waals surface area contributed by atoms with E-state index in [-0.39, 0.29) is 11.7 Å². The van der Waals surface area contributed by atoms with Crippen LogP contribution >= 0.6 is 11.6 Å². The van der Waals surface area contributed by atoms with E-state index in [1.165, 1.54) is 5.56 Å². The smallest absolute Gasteiger partial charge is 0.238 e. The molecule has 0 aromatic heterocycles. The molecule has 2 aromatic carbocycles. The van der Waals surface area contributed by atoms with E-state index in [9.17, 15) is 9.90 Å². The molecule has 2 aromatic rings. The van der Waals surface area contributed by atoms with Crippen molar-refractivity contribution >= 4 is 23.2 Å². The van der Waals surface area contributed by atoms with Crippen LogP contribution in [0.25, 0.3) is 0 Å². The summed E-state index contributed by atoms with van der Waals surface area (Å²) in [4.78, 5) is 14.4. The van der Waals surface area contributed by atoms with Gasteiger partial charge in [0.05, 0.1) is 17.8 Å². The van der Waals surface area contributed by atoms with Gasteiger partial charge in [-0.3, -0.25) is 9.69 Å². The fraction of sp³-hybridized carbons (Fsp3) is 0.300. The van der Waals surface area contributed by atoms with Crippen LogP contribution in [0.2, 0.25) is 5.02 Å². The monoisotopic (exact) mass is 369 g/mol. The predicted molar refractivity (Wildman–Crippen MR) is 101 cm³/mol. The number of benzene rings is 2. The topological polar surface area (TPSA) is 76.4 Å². The Labute approximate surface area is 157 Å². The molecule has 134 valence electrons. The number of amides is 1. The summed E-state index contributed by atoms with van der Waals surface area (Å²) in [6.45, 7) is 1.96.